The van der Waals surface area contributed by atoms with Crippen LogP contribution < -0.4 is 4.74 Å². The Balaban J connectivity index is 2.30. The Morgan fingerprint density at radius 3 is 2.43 bits per heavy atom. The van der Waals surface area contributed by atoms with Gasteiger partial charge in [0.25, 0.3) is 0 Å². The fraction of sp³-hybridized carbons (Fsp3) is 0.300. The van der Waals surface area contributed by atoms with E-state index in [2.05, 4.69) is 42.2 Å². The third-order valence-electron chi connectivity index (χ3n) is 3.60. The first kappa shape index (κ1) is 17.1. The highest BCUT2D eigenvalue weighted by Gasteiger charge is 2.07. The van der Waals surface area contributed by atoms with Crippen LogP contribution in [-0.2, 0) is 4.74 Å². The molecule has 3 heteroatoms. The summed E-state index contributed by atoms with van der Waals surface area (Å²) in [5.41, 5.74) is 4.52. The lowest BCUT2D eigenvalue weighted by molar-refractivity contribution is 0.213. The molecule has 0 aliphatic heterocycles. The summed E-state index contributed by atoms with van der Waals surface area (Å²) in [7, 11) is 5.76. The number of likely N-dealkylation sites (N-methyl/N-ethyl adjacent to an activating group) is 1. The number of benzene rings is 2. The van der Waals surface area contributed by atoms with E-state index in [0.717, 1.165) is 29.0 Å². The van der Waals surface area contributed by atoms with Crippen LogP contribution in [0, 0.1) is 6.92 Å². The van der Waals surface area contributed by atoms with Gasteiger partial charge in [-0.15, -0.1) is 0 Å². The van der Waals surface area contributed by atoms with Crippen LogP contribution in [0.2, 0.25) is 0 Å². The fourth-order valence-corrected chi connectivity index (χ4v) is 2.20. The summed E-state index contributed by atoms with van der Waals surface area (Å²) in [6.07, 6.45) is 1.85. The highest BCUT2D eigenvalue weighted by Crippen LogP contribution is 2.26. The Hall–Kier alpha value is -2.26. The number of ether oxygens (including phenoxy) is 2. The summed E-state index contributed by atoms with van der Waals surface area (Å²) >= 11 is 0. The van der Waals surface area contributed by atoms with Crippen LogP contribution in [0.15, 0.2) is 54.8 Å². The van der Waals surface area contributed by atoms with Gasteiger partial charge in [-0.2, -0.15) is 0 Å². The average Bonchev–Trinajstić information content (AvgIpc) is 2.56. The van der Waals surface area contributed by atoms with Crippen molar-refractivity contribution in [3.8, 4) is 5.75 Å². The molecule has 2 aromatic rings. The van der Waals surface area contributed by atoms with Gasteiger partial charge in [0.2, 0.25) is 0 Å². The van der Waals surface area contributed by atoms with Gasteiger partial charge in [0, 0.05) is 12.1 Å². The fourth-order valence-electron chi connectivity index (χ4n) is 2.20. The molecule has 0 amide bonds. The van der Waals surface area contributed by atoms with E-state index in [4.69, 9.17) is 9.47 Å². The van der Waals surface area contributed by atoms with Gasteiger partial charge in [0.05, 0.1) is 20.0 Å². The van der Waals surface area contributed by atoms with Crippen molar-refractivity contribution in [2.75, 3.05) is 34.4 Å². The summed E-state index contributed by atoms with van der Waals surface area (Å²) in [6, 6.07) is 16.5. The summed E-state index contributed by atoms with van der Waals surface area (Å²) in [4.78, 5) is 2.10. The van der Waals surface area contributed by atoms with Gasteiger partial charge in [-0.1, -0.05) is 42.0 Å². The first-order valence-corrected chi connectivity index (χ1v) is 7.78. The maximum absolute atomic E-state index is 5.77. The van der Waals surface area contributed by atoms with E-state index in [9.17, 15) is 0 Å². The van der Waals surface area contributed by atoms with E-state index in [1.165, 1.54) is 5.56 Å². The second kappa shape index (κ2) is 8.39. The first-order chi connectivity index (χ1) is 11.1. The largest absolute Gasteiger partial charge is 0.499 e. The molecule has 0 saturated heterocycles. The lowest BCUT2D eigenvalue weighted by Crippen LogP contribution is -2.16. The van der Waals surface area contributed by atoms with Crippen LogP contribution in [0.3, 0.4) is 0 Å². The van der Waals surface area contributed by atoms with E-state index in [-0.39, 0.29) is 0 Å². The summed E-state index contributed by atoms with van der Waals surface area (Å²) in [5.74, 6) is 0.841. The highest BCUT2D eigenvalue weighted by atomic mass is 16.5. The molecule has 0 aliphatic rings. The summed E-state index contributed by atoms with van der Waals surface area (Å²) in [6.45, 7) is 3.63. The lowest BCUT2D eigenvalue weighted by atomic mass is 9.98. The van der Waals surface area contributed by atoms with Gasteiger partial charge in [0.1, 0.15) is 5.75 Å². The van der Waals surface area contributed by atoms with Crippen LogP contribution in [0.1, 0.15) is 16.7 Å². The molecule has 122 valence electrons. The maximum Gasteiger partial charge on any atom is 0.119 e. The molecular weight excluding hydrogens is 286 g/mol. The van der Waals surface area contributed by atoms with Crippen molar-refractivity contribution in [2.24, 2.45) is 0 Å². The smallest absolute Gasteiger partial charge is 0.119 e. The quantitative estimate of drug-likeness (QED) is 0.570. The maximum atomic E-state index is 5.77. The molecule has 0 fully saturated rings. The molecule has 0 atom stereocenters. The van der Waals surface area contributed by atoms with Crippen LogP contribution in [0.4, 0.5) is 0 Å². The zero-order chi connectivity index (χ0) is 16.7. The molecule has 0 saturated carbocycles. The van der Waals surface area contributed by atoms with Crippen molar-refractivity contribution in [1.82, 2.24) is 4.90 Å². The molecule has 0 spiro atoms. The van der Waals surface area contributed by atoms with Gasteiger partial charge in [-0.25, -0.2) is 0 Å². The molecule has 0 aromatic heterocycles. The minimum absolute atomic E-state index is 0.659. The third-order valence-corrected chi connectivity index (χ3v) is 3.60. The second-order valence-electron chi connectivity index (χ2n) is 5.80. The van der Waals surface area contributed by atoms with Crippen molar-refractivity contribution in [3.63, 3.8) is 0 Å². The monoisotopic (exact) mass is 311 g/mol. The van der Waals surface area contributed by atoms with Gasteiger partial charge in [-0.3, -0.25) is 0 Å². The van der Waals surface area contributed by atoms with Crippen molar-refractivity contribution in [2.45, 2.75) is 6.92 Å². The standard InChI is InChI=1S/C20H25NO2/c1-16-8-10-17(11-9-16)20(15-23-13-12-21(2)3)18-6-5-7-19(14-18)22-4/h5-11,14-15H,12-13H2,1-4H3/b20-15+. The Bertz CT molecular complexity index is 645. The Morgan fingerprint density at radius 2 is 1.78 bits per heavy atom. The number of hydrogen-bond acceptors (Lipinski definition) is 3. The minimum atomic E-state index is 0.659. The number of aryl methyl sites for hydroxylation is 1. The van der Waals surface area contributed by atoms with Crippen LogP contribution in [0.25, 0.3) is 5.57 Å². The Labute approximate surface area is 139 Å². The van der Waals surface area contributed by atoms with E-state index in [0.29, 0.717) is 6.61 Å². The predicted octanol–water partition coefficient (Wildman–Crippen LogP) is 3.97. The molecule has 23 heavy (non-hydrogen) atoms. The van der Waals surface area contributed by atoms with Crippen LogP contribution in [-0.4, -0.2) is 39.3 Å². The number of rotatable bonds is 7. The van der Waals surface area contributed by atoms with Gasteiger partial charge in [-0.05, 0) is 44.3 Å². The van der Waals surface area contributed by atoms with Crippen molar-refractivity contribution in [1.29, 1.82) is 0 Å². The molecule has 0 N–H and O–H groups in total. The summed E-state index contributed by atoms with van der Waals surface area (Å²) < 4.78 is 11.1. The van der Waals surface area contributed by atoms with Crippen LogP contribution >= 0.6 is 0 Å². The second-order valence-corrected chi connectivity index (χ2v) is 5.80. The van der Waals surface area contributed by atoms with Gasteiger partial charge < -0.3 is 14.4 Å². The highest BCUT2D eigenvalue weighted by molar-refractivity contribution is 5.79. The van der Waals surface area contributed by atoms with Crippen molar-refractivity contribution < 1.29 is 9.47 Å². The van der Waals surface area contributed by atoms with E-state index >= 15 is 0 Å². The Kier molecular flexibility index (Phi) is 6.24. The Morgan fingerprint density at radius 1 is 1.04 bits per heavy atom. The third kappa shape index (κ3) is 5.15. The predicted molar refractivity (Wildman–Crippen MR) is 95.8 cm³/mol. The molecule has 0 radical (unpaired) electrons. The number of nitrogens with zero attached hydrogens (tertiary/aromatic N) is 1. The van der Waals surface area contributed by atoms with E-state index in [1.54, 1.807) is 7.11 Å². The summed E-state index contributed by atoms with van der Waals surface area (Å²) in [5, 5.41) is 0. The molecular formula is C20H25NO2. The average molecular weight is 311 g/mol. The van der Waals surface area contributed by atoms with Gasteiger partial charge >= 0.3 is 0 Å². The molecule has 0 heterocycles. The molecule has 0 unspecified atom stereocenters. The zero-order valence-electron chi connectivity index (χ0n) is 14.4. The normalized spacial score (nSPS) is 11.6. The lowest BCUT2D eigenvalue weighted by Gasteiger charge is -2.12. The van der Waals surface area contributed by atoms with Crippen LogP contribution in [0.5, 0.6) is 5.75 Å². The number of methoxy groups -OCH3 is 1. The topological polar surface area (TPSA) is 21.7 Å². The molecule has 2 aromatic carbocycles. The van der Waals surface area contributed by atoms with E-state index in [1.807, 2.05) is 38.6 Å². The van der Waals surface area contributed by atoms with E-state index < -0.39 is 0 Å². The molecule has 2 rings (SSSR count). The molecule has 0 bridgehead atoms. The SMILES string of the molecule is COc1cccc(/C(=C/OCCN(C)C)c2ccc(C)cc2)c1. The van der Waals surface area contributed by atoms with Crippen molar-refractivity contribution >= 4 is 5.57 Å². The first-order valence-electron chi connectivity index (χ1n) is 7.78. The zero-order valence-corrected chi connectivity index (χ0v) is 14.4. The minimum Gasteiger partial charge on any atom is -0.499 e. The van der Waals surface area contributed by atoms with Crippen molar-refractivity contribution in [3.05, 3.63) is 71.5 Å². The molecule has 3 nitrogen and oxygen atoms in total. The van der Waals surface area contributed by atoms with Gasteiger partial charge in [0.15, 0.2) is 0 Å². The number of hydrogen-bond donors (Lipinski definition) is 0. The molecule has 0 aliphatic carbocycles.